The molecule has 0 aliphatic heterocycles. The van der Waals surface area contributed by atoms with Gasteiger partial charge in [0.05, 0.1) is 19.8 Å². The second kappa shape index (κ2) is 8.19. The van der Waals surface area contributed by atoms with Crippen LogP contribution >= 0.6 is 8.25 Å². The van der Waals surface area contributed by atoms with Gasteiger partial charge in [-0.1, -0.05) is 18.2 Å². The molecule has 0 aliphatic carbocycles. The van der Waals surface area contributed by atoms with E-state index in [1.54, 1.807) is 24.3 Å². The van der Waals surface area contributed by atoms with Gasteiger partial charge in [0.25, 0.3) is 0 Å². The van der Waals surface area contributed by atoms with E-state index >= 15 is 0 Å². The Labute approximate surface area is 94.9 Å². The average molecular weight is 245 g/mol. The van der Waals surface area contributed by atoms with E-state index < -0.39 is 8.25 Å². The molecule has 0 saturated heterocycles. The van der Waals surface area contributed by atoms with E-state index in [9.17, 15) is 4.57 Å². The lowest BCUT2D eigenvalue weighted by Gasteiger charge is -1.96. The molecular formula is C10H14O5P+. The summed E-state index contributed by atoms with van der Waals surface area (Å²) in [5.41, 5.74) is 0. The van der Waals surface area contributed by atoms with Gasteiger partial charge in [-0.25, -0.2) is 4.52 Å². The quantitative estimate of drug-likeness (QED) is 0.558. The summed E-state index contributed by atoms with van der Waals surface area (Å²) in [5.74, 6) is 0.500. The number of benzene rings is 1. The molecule has 1 N–H and O–H groups in total. The van der Waals surface area contributed by atoms with Gasteiger partial charge in [-0.15, -0.1) is 4.52 Å². The van der Waals surface area contributed by atoms with Crippen molar-refractivity contribution in [1.82, 2.24) is 0 Å². The minimum absolute atomic E-state index is 0.0351. The zero-order valence-electron chi connectivity index (χ0n) is 8.74. The standard InChI is InChI=1S/C10H14O5P/c11-6-7-13-8-9-14-16(12)15-10-4-2-1-3-5-10/h1-5,11H,6-9H2/q+1. The minimum Gasteiger partial charge on any atom is -0.394 e. The average Bonchev–Trinajstić information content (AvgIpc) is 2.30. The fourth-order valence-corrected chi connectivity index (χ4v) is 1.50. The van der Waals surface area contributed by atoms with Gasteiger partial charge in [-0.2, -0.15) is 0 Å². The molecule has 0 heterocycles. The predicted molar refractivity (Wildman–Crippen MR) is 58.5 cm³/mol. The number of aliphatic hydroxyl groups is 1. The van der Waals surface area contributed by atoms with Gasteiger partial charge >= 0.3 is 8.25 Å². The van der Waals surface area contributed by atoms with Gasteiger partial charge in [0.1, 0.15) is 6.61 Å². The third-order valence-electron chi connectivity index (χ3n) is 1.58. The van der Waals surface area contributed by atoms with Crippen LogP contribution in [0, 0.1) is 0 Å². The maximum absolute atomic E-state index is 11.2. The van der Waals surface area contributed by atoms with Gasteiger partial charge in [0.2, 0.25) is 0 Å². The van der Waals surface area contributed by atoms with E-state index in [0.717, 1.165) is 0 Å². The Kier molecular flexibility index (Phi) is 6.69. The molecule has 1 unspecified atom stereocenters. The van der Waals surface area contributed by atoms with Crippen molar-refractivity contribution in [2.75, 3.05) is 26.4 Å². The first-order valence-electron chi connectivity index (χ1n) is 4.84. The summed E-state index contributed by atoms with van der Waals surface area (Å²) in [6.07, 6.45) is 0. The van der Waals surface area contributed by atoms with Crippen molar-refractivity contribution >= 4 is 8.25 Å². The van der Waals surface area contributed by atoms with Gasteiger partial charge in [0, 0.05) is 4.57 Å². The highest BCUT2D eigenvalue weighted by molar-refractivity contribution is 7.33. The number of aliphatic hydroxyl groups excluding tert-OH is 1. The molecule has 0 aromatic heterocycles. The Morgan fingerprint density at radius 1 is 1.12 bits per heavy atom. The molecule has 1 aromatic rings. The van der Waals surface area contributed by atoms with Crippen molar-refractivity contribution in [3.63, 3.8) is 0 Å². The summed E-state index contributed by atoms with van der Waals surface area (Å²) < 4.78 is 26.0. The maximum Gasteiger partial charge on any atom is 0.750 e. The van der Waals surface area contributed by atoms with Crippen molar-refractivity contribution in [2.24, 2.45) is 0 Å². The number of para-hydroxylation sites is 1. The Morgan fingerprint density at radius 2 is 1.88 bits per heavy atom. The van der Waals surface area contributed by atoms with Crippen LogP contribution < -0.4 is 4.52 Å². The Bertz CT molecular complexity index is 303. The molecule has 5 nitrogen and oxygen atoms in total. The predicted octanol–water partition coefficient (Wildman–Crippen LogP) is 1.75. The summed E-state index contributed by atoms with van der Waals surface area (Å²) in [7, 11) is -2.17. The van der Waals surface area contributed by atoms with Crippen LogP contribution in [0.15, 0.2) is 30.3 Å². The van der Waals surface area contributed by atoms with Gasteiger partial charge in [-0.05, 0) is 12.1 Å². The van der Waals surface area contributed by atoms with E-state index in [4.69, 9.17) is 18.9 Å². The van der Waals surface area contributed by atoms with E-state index in [1.165, 1.54) is 0 Å². The van der Waals surface area contributed by atoms with Crippen molar-refractivity contribution in [3.8, 4) is 5.75 Å². The van der Waals surface area contributed by atoms with Crippen molar-refractivity contribution in [3.05, 3.63) is 30.3 Å². The molecule has 1 atom stereocenters. The van der Waals surface area contributed by atoms with Gasteiger partial charge in [0.15, 0.2) is 5.75 Å². The van der Waals surface area contributed by atoms with Crippen molar-refractivity contribution in [2.45, 2.75) is 0 Å². The fraction of sp³-hybridized carbons (Fsp3) is 0.400. The van der Waals surface area contributed by atoms with Crippen LogP contribution in [0.5, 0.6) is 5.75 Å². The lowest BCUT2D eigenvalue weighted by atomic mass is 10.3. The summed E-state index contributed by atoms with van der Waals surface area (Å²) in [6, 6.07) is 8.78. The first kappa shape index (κ1) is 13.1. The molecule has 0 fully saturated rings. The first-order chi connectivity index (χ1) is 7.83. The lowest BCUT2D eigenvalue weighted by molar-refractivity contribution is 0.0700. The van der Waals surface area contributed by atoms with Crippen LogP contribution in [-0.4, -0.2) is 31.5 Å². The van der Waals surface area contributed by atoms with Crippen molar-refractivity contribution < 1.29 is 23.5 Å². The highest BCUT2D eigenvalue weighted by Crippen LogP contribution is 2.27. The number of rotatable bonds is 8. The molecule has 16 heavy (non-hydrogen) atoms. The summed E-state index contributed by atoms with van der Waals surface area (Å²) in [6.45, 7) is 0.661. The molecule has 0 saturated carbocycles. The van der Waals surface area contributed by atoms with E-state index in [0.29, 0.717) is 5.75 Å². The SMILES string of the molecule is O=[P+](OCCOCCO)Oc1ccccc1. The summed E-state index contributed by atoms with van der Waals surface area (Å²) >= 11 is 0. The third-order valence-corrected chi connectivity index (χ3v) is 2.34. The van der Waals surface area contributed by atoms with Crippen LogP contribution in [-0.2, 0) is 13.8 Å². The third kappa shape index (κ3) is 5.78. The first-order valence-corrected chi connectivity index (χ1v) is 5.94. The molecule has 0 aliphatic rings. The van der Waals surface area contributed by atoms with Crippen LogP contribution in [0.25, 0.3) is 0 Å². The number of hydrogen-bond acceptors (Lipinski definition) is 5. The monoisotopic (exact) mass is 245 g/mol. The Balaban J connectivity index is 2.12. The molecule has 88 valence electrons. The summed E-state index contributed by atoms with van der Waals surface area (Å²) in [4.78, 5) is 0. The minimum atomic E-state index is -2.17. The lowest BCUT2D eigenvalue weighted by Crippen LogP contribution is -2.05. The molecule has 1 rings (SSSR count). The highest BCUT2D eigenvalue weighted by Gasteiger charge is 2.21. The second-order valence-corrected chi connectivity index (χ2v) is 3.69. The molecular weight excluding hydrogens is 231 g/mol. The van der Waals surface area contributed by atoms with Gasteiger partial charge in [-0.3, -0.25) is 0 Å². The molecule has 0 amide bonds. The van der Waals surface area contributed by atoms with Crippen molar-refractivity contribution in [1.29, 1.82) is 0 Å². The van der Waals surface area contributed by atoms with Crippen LogP contribution in [0.1, 0.15) is 0 Å². The molecule has 0 bridgehead atoms. The molecule has 0 radical (unpaired) electrons. The topological polar surface area (TPSA) is 65.0 Å². The van der Waals surface area contributed by atoms with Crippen LogP contribution in [0.4, 0.5) is 0 Å². The zero-order chi connectivity index (χ0) is 11.6. The normalized spacial score (nSPS) is 11.2. The largest absolute Gasteiger partial charge is 0.750 e. The van der Waals surface area contributed by atoms with E-state index in [-0.39, 0.29) is 26.4 Å². The highest BCUT2D eigenvalue weighted by atomic mass is 31.1. The number of hydrogen-bond donors (Lipinski definition) is 1. The van der Waals surface area contributed by atoms with Gasteiger partial charge < -0.3 is 9.84 Å². The second-order valence-electron chi connectivity index (χ2n) is 2.80. The van der Waals surface area contributed by atoms with Crippen LogP contribution in [0.2, 0.25) is 0 Å². The Hall–Kier alpha value is -1.00. The van der Waals surface area contributed by atoms with Crippen LogP contribution in [0.3, 0.4) is 0 Å². The molecule has 1 aromatic carbocycles. The molecule has 0 spiro atoms. The maximum atomic E-state index is 11.2. The zero-order valence-corrected chi connectivity index (χ0v) is 9.64. The van der Waals surface area contributed by atoms with E-state index in [1.807, 2.05) is 6.07 Å². The van der Waals surface area contributed by atoms with E-state index in [2.05, 4.69) is 0 Å². The smallest absolute Gasteiger partial charge is 0.394 e. The summed E-state index contributed by atoms with van der Waals surface area (Å²) in [5, 5.41) is 8.42. The molecule has 6 heteroatoms. The number of ether oxygens (including phenoxy) is 1. The Morgan fingerprint density at radius 3 is 2.56 bits per heavy atom. The fourth-order valence-electron chi connectivity index (χ4n) is 0.931.